The largest absolute Gasteiger partial charge is 0.389 e. The molecule has 0 aromatic rings. The Labute approximate surface area is 36.4 Å². The molecule has 0 saturated carbocycles. The van der Waals surface area contributed by atoms with E-state index in [1.54, 1.807) is 0 Å². The van der Waals surface area contributed by atoms with E-state index in [1.165, 1.54) is 6.92 Å². The molecule has 0 saturated heterocycles. The van der Waals surface area contributed by atoms with E-state index >= 15 is 0 Å². The number of aliphatic hydroxyl groups excluding tert-OH is 2. The topological polar surface area (TPSA) is 66.5 Å². The molecule has 38 valence electrons. The molecule has 6 heavy (non-hydrogen) atoms. The fourth-order valence-electron chi connectivity index (χ4n) is 0. The summed E-state index contributed by atoms with van der Waals surface area (Å²) in [5.41, 5.74) is 4.74. The minimum atomic E-state index is -1.09. The standard InChI is InChI=1S/C3H9NO2/c1-2(5)3(4)6/h2-3,5-6H,4H2,1H3/t2-,3-/m1/s1. The second-order valence-corrected chi connectivity index (χ2v) is 1.23. The van der Waals surface area contributed by atoms with E-state index in [0.717, 1.165) is 0 Å². The van der Waals surface area contributed by atoms with Crippen molar-refractivity contribution >= 4 is 0 Å². The summed E-state index contributed by atoms with van der Waals surface area (Å²) in [4.78, 5) is 0. The van der Waals surface area contributed by atoms with Crippen molar-refractivity contribution in [3.05, 3.63) is 0 Å². The molecule has 0 radical (unpaired) electrons. The Morgan fingerprint density at radius 2 is 1.67 bits per heavy atom. The Bertz CT molecular complexity index is 29.8. The summed E-state index contributed by atoms with van der Waals surface area (Å²) in [5.74, 6) is 0. The van der Waals surface area contributed by atoms with Crippen molar-refractivity contribution in [2.75, 3.05) is 0 Å². The second kappa shape index (κ2) is 2.12. The van der Waals surface area contributed by atoms with Crippen molar-refractivity contribution in [2.45, 2.75) is 19.3 Å². The van der Waals surface area contributed by atoms with Crippen LogP contribution in [0.1, 0.15) is 6.92 Å². The molecule has 0 amide bonds. The number of rotatable bonds is 1. The van der Waals surface area contributed by atoms with Crippen LogP contribution in [0, 0.1) is 0 Å². The van der Waals surface area contributed by atoms with E-state index < -0.39 is 12.3 Å². The van der Waals surface area contributed by atoms with Gasteiger partial charge in [-0.15, -0.1) is 0 Å². The monoisotopic (exact) mass is 91.1 g/mol. The van der Waals surface area contributed by atoms with E-state index in [0.29, 0.717) is 0 Å². The molecule has 0 unspecified atom stereocenters. The summed E-state index contributed by atoms with van der Waals surface area (Å²) >= 11 is 0. The predicted octanol–water partition coefficient (Wildman–Crippen LogP) is -1.36. The van der Waals surface area contributed by atoms with Crippen molar-refractivity contribution in [3.8, 4) is 0 Å². The molecular formula is C3H9NO2. The maximum atomic E-state index is 8.25. The lowest BCUT2D eigenvalue weighted by molar-refractivity contribution is 0.0359. The first-order chi connectivity index (χ1) is 2.64. The predicted molar refractivity (Wildman–Crippen MR) is 21.9 cm³/mol. The lowest BCUT2D eigenvalue weighted by atomic mass is 10.4. The summed E-state index contributed by atoms with van der Waals surface area (Å²) in [5, 5.41) is 16.4. The van der Waals surface area contributed by atoms with Gasteiger partial charge in [0, 0.05) is 0 Å². The third-order valence-electron chi connectivity index (χ3n) is 0.494. The van der Waals surface area contributed by atoms with Gasteiger partial charge in [0.25, 0.3) is 0 Å². The number of hydrogen-bond acceptors (Lipinski definition) is 3. The van der Waals surface area contributed by atoms with Gasteiger partial charge in [0.1, 0.15) is 6.23 Å². The van der Waals surface area contributed by atoms with Gasteiger partial charge >= 0.3 is 0 Å². The summed E-state index contributed by atoms with van der Waals surface area (Å²) in [6.45, 7) is 1.42. The Hall–Kier alpha value is -0.120. The SMILES string of the molecule is C[C@@H](O)[C@H](N)O. The van der Waals surface area contributed by atoms with Gasteiger partial charge in [0.2, 0.25) is 0 Å². The van der Waals surface area contributed by atoms with Gasteiger partial charge in [-0.05, 0) is 6.92 Å². The molecule has 0 aliphatic carbocycles. The molecule has 0 aromatic carbocycles. The fraction of sp³-hybridized carbons (Fsp3) is 1.00. The third kappa shape index (κ3) is 2.14. The highest BCUT2D eigenvalue weighted by atomic mass is 16.3. The van der Waals surface area contributed by atoms with Crippen LogP contribution in [0.4, 0.5) is 0 Å². The van der Waals surface area contributed by atoms with Crippen LogP contribution < -0.4 is 5.73 Å². The molecule has 0 aliphatic rings. The molecule has 0 aromatic heterocycles. The Kier molecular flexibility index (Phi) is 2.08. The van der Waals surface area contributed by atoms with Crippen LogP contribution in [-0.4, -0.2) is 22.5 Å². The van der Waals surface area contributed by atoms with E-state index in [2.05, 4.69) is 0 Å². The first-order valence-electron chi connectivity index (χ1n) is 1.76. The van der Waals surface area contributed by atoms with Crippen LogP contribution in [0.5, 0.6) is 0 Å². The van der Waals surface area contributed by atoms with E-state index in [-0.39, 0.29) is 0 Å². The van der Waals surface area contributed by atoms with Gasteiger partial charge in [-0.25, -0.2) is 0 Å². The highest BCUT2D eigenvalue weighted by Gasteiger charge is 2.00. The first-order valence-corrected chi connectivity index (χ1v) is 1.76. The van der Waals surface area contributed by atoms with Crippen molar-refractivity contribution in [3.63, 3.8) is 0 Å². The molecule has 4 N–H and O–H groups in total. The summed E-state index contributed by atoms with van der Waals surface area (Å²) in [6, 6.07) is 0. The fourth-order valence-corrected chi connectivity index (χ4v) is 0. The molecule has 0 bridgehead atoms. The average Bonchev–Trinajstić information content (AvgIpc) is 1.36. The lowest BCUT2D eigenvalue weighted by Crippen LogP contribution is -2.31. The molecule has 0 fully saturated rings. The Morgan fingerprint density at radius 1 is 1.50 bits per heavy atom. The minimum absolute atomic E-state index is 0.815. The first kappa shape index (κ1) is 5.88. The average molecular weight is 91.1 g/mol. The number of nitrogens with two attached hydrogens (primary N) is 1. The van der Waals surface area contributed by atoms with Crippen molar-refractivity contribution in [1.29, 1.82) is 0 Å². The molecule has 3 nitrogen and oxygen atoms in total. The molecule has 0 heterocycles. The van der Waals surface area contributed by atoms with Gasteiger partial charge in [0.05, 0.1) is 6.10 Å². The lowest BCUT2D eigenvalue weighted by Gasteiger charge is -2.03. The third-order valence-corrected chi connectivity index (χ3v) is 0.494. The summed E-state index contributed by atoms with van der Waals surface area (Å²) in [7, 11) is 0. The highest BCUT2D eigenvalue weighted by molar-refractivity contribution is 4.48. The maximum Gasteiger partial charge on any atom is 0.128 e. The van der Waals surface area contributed by atoms with E-state index in [4.69, 9.17) is 15.9 Å². The summed E-state index contributed by atoms with van der Waals surface area (Å²) < 4.78 is 0. The molecule has 0 aliphatic heterocycles. The van der Waals surface area contributed by atoms with Crippen LogP contribution in [-0.2, 0) is 0 Å². The molecule has 2 atom stereocenters. The summed E-state index contributed by atoms with van der Waals surface area (Å²) in [6.07, 6.45) is -1.91. The number of hydrogen-bond donors (Lipinski definition) is 3. The Morgan fingerprint density at radius 3 is 1.67 bits per heavy atom. The zero-order valence-corrected chi connectivity index (χ0v) is 3.63. The van der Waals surface area contributed by atoms with Crippen LogP contribution in [0.25, 0.3) is 0 Å². The molecule has 3 heteroatoms. The second-order valence-electron chi connectivity index (χ2n) is 1.23. The highest BCUT2D eigenvalue weighted by Crippen LogP contribution is 1.78. The maximum absolute atomic E-state index is 8.25. The number of aliphatic hydroxyl groups is 2. The van der Waals surface area contributed by atoms with E-state index in [1.807, 2.05) is 0 Å². The van der Waals surface area contributed by atoms with Gasteiger partial charge in [-0.1, -0.05) is 0 Å². The zero-order valence-electron chi connectivity index (χ0n) is 3.63. The van der Waals surface area contributed by atoms with Crippen molar-refractivity contribution < 1.29 is 10.2 Å². The van der Waals surface area contributed by atoms with Crippen LogP contribution in [0.3, 0.4) is 0 Å². The van der Waals surface area contributed by atoms with Crippen LogP contribution in [0.2, 0.25) is 0 Å². The smallest absolute Gasteiger partial charge is 0.128 e. The van der Waals surface area contributed by atoms with E-state index in [9.17, 15) is 0 Å². The Balaban J connectivity index is 2.99. The molecular weight excluding hydrogens is 82.0 g/mol. The van der Waals surface area contributed by atoms with Gasteiger partial charge < -0.3 is 15.9 Å². The van der Waals surface area contributed by atoms with Gasteiger partial charge in [-0.2, -0.15) is 0 Å². The quantitative estimate of drug-likeness (QED) is 0.349. The molecule has 0 rings (SSSR count). The zero-order chi connectivity index (χ0) is 5.15. The normalized spacial score (nSPS) is 20.0. The van der Waals surface area contributed by atoms with Crippen LogP contribution >= 0.6 is 0 Å². The van der Waals surface area contributed by atoms with Crippen LogP contribution in [0.15, 0.2) is 0 Å². The molecule has 0 spiro atoms. The minimum Gasteiger partial charge on any atom is -0.389 e. The van der Waals surface area contributed by atoms with Crippen molar-refractivity contribution in [1.82, 2.24) is 0 Å². The van der Waals surface area contributed by atoms with Gasteiger partial charge in [0.15, 0.2) is 0 Å². The van der Waals surface area contributed by atoms with Crippen molar-refractivity contribution in [2.24, 2.45) is 5.73 Å². The van der Waals surface area contributed by atoms with Gasteiger partial charge in [-0.3, -0.25) is 0 Å².